The third-order valence-electron chi connectivity index (χ3n) is 3.77. The summed E-state index contributed by atoms with van der Waals surface area (Å²) in [4.78, 5) is 19.4. The van der Waals surface area contributed by atoms with Crippen molar-refractivity contribution in [2.45, 2.75) is 0 Å². The number of carbonyl (C=O) groups is 1. The van der Waals surface area contributed by atoms with Crippen LogP contribution in [-0.2, 0) is 0 Å². The lowest BCUT2D eigenvalue weighted by Gasteiger charge is -2.29. The van der Waals surface area contributed by atoms with Gasteiger partial charge in [-0.15, -0.1) is 16.4 Å². The summed E-state index contributed by atoms with van der Waals surface area (Å²) in [5.74, 6) is 0.138. The van der Waals surface area contributed by atoms with E-state index in [0.717, 1.165) is 37.5 Å². The molecule has 8 heteroatoms. The zero-order valence-electron chi connectivity index (χ0n) is 12.4. The van der Waals surface area contributed by atoms with Crippen molar-refractivity contribution in [2.24, 2.45) is 0 Å². The van der Waals surface area contributed by atoms with Crippen LogP contribution in [-0.4, -0.2) is 46.7 Å². The number of aromatic nitrogens is 3. The van der Waals surface area contributed by atoms with Crippen molar-refractivity contribution in [1.29, 1.82) is 0 Å². The van der Waals surface area contributed by atoms with Gasteiger partial charge in [0, 0.05) is 44.1 Å². The number of hydrogen-bond donors (Lipinski definition) is 2. The first-order valence-corrected chi connectivity index (χ1v) is 8.34. The Morgan fingerprint density at radius 1 is 1.30 bits per heavy atom. The number of fused-ring (bicyclic) bond motifs is 1. The van der Waals surface area contributed by atoms with E-state index >= 15 is 0 Å². The van der Waals surface area contributed by atoms with Crippen molar-refractivity contribution >= 4 is 34.5 Å². The number of thiophene rings is 1. The van der Waals surface area contributed by atoms with Crippen molar-refractivity contribution < 1.29 is 4.79 Å². The highest BCUT2D eigenvalue weighted by molar-refractivity contribution is 7.12. The van der Waals surface area contributed by atoms with Crippen LogP contribution in [0.5, 0.6) is 0 Å². The predicted molar refractivity (Wildman–Crippen MR) is 90.3 cm³/mol. The van der Waals surface area contributed by atoms with Crippen LogP contribution in [0.25, 0.3) is 5.65 Å². The molecule has 3 aromatic heterocycles. The normalized spacial score (nSPS) is 15.0. The van der Waals surface area contributed by atoms with Crippen LogP contribution in [0.3, 0.4) is 0 Å². The molecule has 4 rings (SSSR count). The average molecular weight is 328 g/mol. The fourth-order valence-electron chi connectivity index (χ4n) is 2.61. The third kappa shape index (κ3) is 2.90. The van der Waals surface area contributed by atoms with E-state index in [9.17, 15) is 4.79 Å². The second-order valence-corrected chi connectivity index (χ2v) is 6.24. The molecule has 0 spiro atoms. The van der Waals surface area contributed by atoms with Crippen molar-refractivity contribution in [3.63, 3.8) is 0 Å². The molecular weight excluding hydrogens is 312 g/mol. The van der Waals surface area contributed by atoms with Gasteiger partial charge in [0.05, 0.1) is 4.88 Å². The second kappa shape index (κ2) is 5.98. The number of nitrogens with zero attached hydrogens (tertiary/aromatic N) is 4. The van der Waals surface area contributed by atoms with E-state index in [1.54, 1.807) is 10.6 Å². The summed E-state index contributed by atoms with van der Waals surface area (Å²) >= 11 is 1.39. The standard InChI is InChI=1S/C15H16N6OS/c22-14(12-2-1-9-23-12)18-15-17-13-10-11(3-6-21(13)19-15)20-7-4-16-5-8-20/h1-3,6,9-10,16H,4-5,7-8H2,(H,18,19,22). The molecule has 23 heavy (non-hydrogen) atoms. The zero-order valence-corrected chi connectivity index (χ0v) is 13.2. The Hall–Kier alpha value is -2.45. The maximum atomic E-state index is 12.1. The lowest BCUT2D eigenvalue weighted by atomic mass is 10.3. The minimum Gasteiger partial charge on any atom is -0.369 e. The van der Waals surface area contributed by atoms with Gasteiger partial charge in [0.15, 0.2) is 5.65 Å². The minimum atomic E-state index is -0.182. The molecule has 0 atom stereocenters. The van der Waals surface area contributed by atoms with Crippen molar-refractivity contribution in [1.82, 2.24) is 19.9 Å². The molecular formula is C15H16N6OS. The smallest absolute Gasteiger partial charge is 0.268 e. The number of pyridine rings is 1. The SMILES string of the molecule is O=C(Nc1nc2cc(N3CCNCC3)ccn2n1)c1cccs1. The fraction of sp³-hybridized carbons (Fsp3) is 0.267. The van der Waals surface area contributed by atoms with Gasteiger partial charge >= 0.3 is 0 Å². The Kier molecular flexibility index (Phi) is 3.68. The highest BCUT2D eigenvalue weighted by Crippen LogP contribution is 2.18. The zero-order chi connectivity index (χ0) is 15.6. The molecule has 0 aromatic carbocycles. The van der Waals surface area contributed by atoms with Gasteiger partial charge in [-0.05, 0) is 17.5 Å². The second-order valence-electron chi connectivity index (χ2n) is 5.29. The number of rotatable bonds is 3. The Bertz CT molecular complexity index is 822. The summed E-state index contributed by atoms with van der Waals surface area (Å²) in [6, 6.07) is 7.64. The van der Waals surface area contributed by atoms with Gasteiger partial charge in [0.25, 0.3) is 5.91 Å². The maximum Gasteiger partial charge on any atom is 0.268 e. The van der Waals surface area contributed by atoms with Gasteiger partial charge in [-0.2, -0.15) is 4.98 Å². The topological polar surface area (TPSA) is 74.6 Å². The summed E-state index contributed by atoms with van der Waals surface area (Å²) in [6.07, 6.45) is 1.88. The third-order valence-corrected chi connectivity index (χ3v) is 4.64. The van der Waals surface area contributed by atoms with Crippen molar-refractivity contribution in [3.8, 4) is 0 Å². The van der Waals surface area contributed by atoms with E-state index in [4.69, 9.17) is 0 Å². The molecule has 1 fully saturated rings. The Balaban J connectivity index is 1.56. The van der Waals surface area contributed by atoms with Gasteiger partial charge in [-0.1, -0.05) is 6.07 Å². The molecule has 1 saturated heterocycles. The highest BCUT2D eigenvalue weighted by atomic mass is 32.1. The first-order valence-electron chi connectivity index (χ1n) is 7.46. The number of amides is 1. The molecule has 0 radical (unpaired) electrons. The van der Waals surface area contributed by atoms with Gasteiger partial charge in [0.1, 0.15) is 0 Å². The highest BCUT2D eigenvalue weighted by Gasteiger charge is 2.14. The van der Waals surface area contributed by atoms with Crippen LogP contribution in [0.1, 0.15) is 9.67 Å². The maximum absolute atomic E-state index is 12.1. The molecule has 2 N–H and O–H groups in total. The van der Waals surface area contributed by atoms with Gasteiger partial charge < -0.3 is 10.2 Å². The van der Waals surface area contributed by atoms with Crippen LogP contribution >= 0.6 is 11.3 Å². The molecule has 1 aliphatic heterocycles. The lowest BCUT2D eigenvalue weighted by Crippen LogP contribution is -2.43. The van der Waals surface area contributed by atoms with Crippen LogP contribution in [0, 0.1) is 0 Å². The molecule has 118 valence electrons. The molecule has 0 unspecified atom stereocenters. The van der Waals surface area contributed by atoms with E-state index in [2.05, 4.69) is 25.6 Å². The Morgan fingerprint density at radius 2 is 2.17 bits per heavy atom. The summed E-state index contributed by atoms with van der Waals surface area (Å²) in [6.45, 7) is 3.93. The van der Waals surface area contributed by atoms with Gasteiger partial charge in [0.2, 0.25) is 5.95 Å². The lowest BCUT2D eigenvalue weighted by molar-refractivity contribution is 0.102. The monoisotopic (exact) mass is 328 g/mol. The summed E-state index contributed by atoms with van der Waals surface area (Å²) in [7, 11) is 0. The molecule has 7 nitrogen and oxygen atoms in total. The molecule has 0 bridgehead atoms. The van der Waals surface area contributed by atoms with Crippen molar-refractivity contribution in [3.05, 3.63) is 40.7 Å². The largest absolute Gasteiger partial charge is 0.369 e. The predicted octanol–water partition coefficient (Wildman–Crippen LogP) is 1.45. The average Bonchev–Trinajstić information content (AvgIpc) is 3.24. The Labute approximate surface area is 136 Å². The van der Waals surface area contributed by atoms with E-state index in [-0.39, 0.29) is 5.91 Å². The number of nitrogens with one attached hydrogen (secondary N) is 2. The molecule has 0 aliphatic carbocycles. The fourth-order valence-corrected chi connectivity index (χ4v) is 3.23. The van der Waals surface area contributed by atoms with Crippen LogP contribution in [0.15, 0.2) is 35.8 Å². The van der Waals surface area contributed by atoms with Crippen LogP contribution in [0.4, 0.5) is 11.6 Å². The summed E-state index contributed by atoms with van der Waals surface area (Å²) in [5, 5.41) is 12.2. The number of anilines is 2. The summed E-state index contributed by atoms with van der Waals surface area (Å²) in [5.41, 5.74) is 1.85. The van der Waals surface area contributed by atoms with Crippen molar-refractivity contribution in [2.75, 3.05) is 36.4 Å². The first kappa shape index (κ1) is 14.2. The molecule has 1 aliphatic rings. The quantitative estimate of drug-likeness (QED) is 0.761. The molecule has 0 saturated carbocycles. The van der Waals surface area contributed by atoms with E-state index < -0.39 is 0 Å². The van der Waals surface area contributed by atoms with E-state index in [0.29, 0.717) is 10.8 Å². The number of carbonyl (C=O) groups excluding carboxylic acids is 1. The minimum absolute atomic E-state index is 0.182. The Morgan fingerprint density at radius 3 is 2.96 bits per heavy atom. The number of piperazine rings is 1. The van der Waals surface area contributed by atoms with Gasteiger partial charge in [-0.3, -0.25) is 10.1 Å². The van der Waals surface area contributed by atoms with E-state index in [1.807, 2.05) is 29.8 Å². The van der Waals surface area contributed by atoms with Crippen LogP contribution in [0.2, 0.25) is 0 Å². The number of hydrogen-bond acceptors (Lipinski definition) is 6. The van der Waals surface area contributed by atoms with E-state index in [1.165, 1.54) is 11.3 Å². The first-order chi connectivity index (χ1) is 11.3. The van der Waals surface area contributed by atoms with Gasteiger partial charge in [-0.25, -0.2) is 4.52 Å². The molecule has 4 heterocycles. The molecule has 3 aromatic rings. The summed E-state index contributed by atoms with van der Waals surface area (Å²) < 4.78 is 1.68. The molecule has 1 amide bonds. The van der Waals surface area contributed by atoms with Crippen LogP contribution < -0.4 is 15.5 Å².